The van der Waals surface area contributed by atoms with Crippen LogP contribution in [0.1, 0.15) is 63.2 Å². The highest BCUT2D eigenvalue weighted by molar-refractivity contribution is 6.31. The minimum Gasteiger partial charge on any atom is -0.480 e. The molecule has 1 aliphatic carbocycles. The average molecular weight is 322 g/mol. The summed E-state index contributed by atoms with van der Waals surface area (Å²) in [6, 6.07) is 1.14. The van der Waals surface area contributed by atoms with Crippen LogP contribution in [-0.2, 0) is 4.79 Å². The number of fused-ring (bicyclic) bond motifs is 1. The first-order valence-corrected chi connectivity index (χ1v) is 8.25. The van der Waals surface area contributed by atoms with Gasteiger partial charge in [-0.3, -0.25) is 4.57 Å². The Labute approximate surface area is 134 Å². The third-order valence-electron chi connectivity index (χ3n) is 4.48. The number of carboxylic acids is 1. The molecule has 6 heteroatoms. The molecular weight excluding hydrogens is 302 g/mol. The van der Waals surface area contributed by atoms with Crippen LogP contribution in [0, 0.1) is 0 Å². The van der Waals surface area contributed by atoms with E-state index in [9.17, 15) is 9.90 Å². The van der Waals surface area contributed by atoms with Gasteiger partial charge >= 0.3 is 5.97 Å². The van der Waals surface area contributed by atoms with Crippen molar-refractivity contribution < 1.29 is 9.90 Å². The van der Waals surface area contributed by atoms with Gasteiger partial charge in [0.25, 0.3) is 0 Å². The zero-order chi connectivity index (χ0) is 15.7. The predicted octanol–water partition coefficient (Wildman–Crippen LogP) is 4.17. The summed E-state index contributed by atoms with van der Waals surface area (Å²) in [7, 11) is 0. The van der Waals surface area contributed by atoms with E-state index < -0.39 is 12.0 Å². The van der Waals surface area contributed by atoms with E-state index in [0.29, 0.717) is 28.5 Å². The molecule has 2 heterocycles. The number of carbonyl (C=O) groups is 1. The molecule has 0 radical (unpaired) electrons. The minimum absolute atomic E-state index is 0.315. The number of pyridine rings is 1. The van der Waals surface area contributed by atoms with E-state index in [-0.39, 0.29) is 0 Å². The molecule has 0 aliphatic heterocycles. The van der Waals surface area contributed by atoms with E-state index in [0.717, 1.165) is 18.7 Å². The molecule has 0 aromatic carbocycles. The molecule has 0 amide bonds. The van der Waals surface area contributed by atoms with Crippen LogP contribution in [0.3, 0.4) is 0 Å². The first-order valence-electron chi connectivity index (χ1n) is 7.88. The summed E-state index contributed by atoms with van der Waals surface area (Å²) in [5.41, 5.74) is 1.31. The molecule has 1 N–H and O–H groups in total. The van der Waals surface area contributed by atoms with Crippen LogP contribution in [0.15, 0.2) is 12.3 Å². The largest absolute Gasteiger partial charge is 0.480 e. The molecule has 22 heavy (non-hydrogen) atoms. The van der Waals surface area contributed by atoms with Crippen molar-refractivity contribution in [1.82, 2.24) is 14.5 Å². The number of imidazole rings is 1. The summed E-state index contributed by atoms with van der Waals surface area (Å²) >= 11 is 6.01. The van der Waals surface area contributed by atoms with Crippen LogP contribution in [0.5, 0.6) is 0 Å². The Balaban J connectivity index is 2.17. The van der Waals surface area contributed by atoms with E-state index in [1.165, 1.54) is 19.3 Å². The highest BCUT2D eigenvalue weighted by Crippen LogP contribution is 2.36. The van der Waals surface area contributed by atoms with Gasteiger partial charge in [0.1, 0.15) is 17.4 Å². The van der Waals surface area contributed by atoms with Crippen LogP contribution in [0.4, 0.5) is 0 Å². The maximum atomic E-state index is 11.7. The standard InChI is InChI=1S/C16H20ClN3O2/c1-2-13(16(21)22)20-14(10-6-4-3-5-7-10)19-12-8-11(17)9-18-15(12)20/h8-10,13H,2-7H2,1H3,(H,21,22). The van der Waals surface area contributed by atoms with Crippen LogP contribution in [0.2, 0.25) is 5.02 Å². The number of halogens is 1. The molecule has 1 aliphatic rings. The second kappa shape index (κ2) is 6.24. The summed E-state index contributed by atoms with van der Waals surface area (Å²) in [5, 5.41) is 10.1. The van der Waals surface area contributed by atoms with E-state index in [4.69, 9.17) is 16.6 Å². The zero-order valence-corrected chi connectivity index (χ0v) is 13.4. The number of aromatic nitrogens is 3. The van der Waals surface area contributed by atoms with Crippen molar-refractivity contribution in [3.63, 3.8) is 0 Å². The molecule has 0 bridgehead atoms. The quantitative estimate of drug-likeness (QED) is 0.917. The molecule has 3 rings (SSSR count). The van der Waals surface area contributed by atoms with Gasteiger partial charge in [0, 0.05) is 12.1 Å². The van der Waals surface area contributed by atoms with Gasteiger partial charge in [-0.05, 0) is 25.3 Å². The third-order valence-corrected chi connectivity index (χ3v) is 4.68. The van der Waals surface area contributed by atoms with Crippen molar-refractivity contribution in [1.29, 1.82) is 0 Å². The number of aliphatic carboxylic acids is 1. The van der Waals surface area contributed by atoms with Gasteiger partial charge in [0.2, 0.25) is 0 Å². The normalized spacial score (nSPS) is 17.7. The number of hydrogen-bond acceptors (Lipinski definition) is 3. The average Bonchev–Trinajstić information content (AvgIpc) is 2.87. The summed E-state index contributed by atoms with van der Waals surface area (Å²) in [5.74, 6) is 0.337. The number of rotatable bonds is 4. The molecule has 2 aromatic rings. The summed E-state index contributed by atoms with van der Waals surface area (Å²) in [6.07, 6.45) is 7.78. The molecule has 1 atom stereocenters. The Bertz CT molecular complexity index is 692. The SMILES string of the molecule is CCC(C(=O)O)n1c(C2CCCCC2)nc2cc(Cl)cnc21. The Hall–Kier alpha value is -1.62. The van der Waals surface area contributed by atoms with Crippen molar-refractivity contribution in [3.05, 3.63) is 23.1 Å². The summed E-state index contributed by atoms with van der Waals surface area (Å²) in [4.78, 5) is 20.7. The fourth-order valence-electron chi connectivity index (χ4n) is 3.40. The molecule has 2 aromatic heterocycles. The fourth-order valence-corrected chi connectivity index (χ4v) is 3.55. The first-order chi connectivity index (χ1) is 10.6. The topological polar surface area (TPSA) is 68.0 Å². The predicted molar refractivity (Wildman–Crippen MR) is 85.3 cm³/mol. The maximum Gasteiger partial charge on any atom is 0.326 e. The molecule has 1 unspecified atom stereocenters. The smallest absolute Gasteiger partial charge is 0.326 e. The van der Waals surface area contributed by atoms with Gasteiger partial charge < -0.3 is 5.11 Å². The van der Waals surface area contributed by atoms with Gasteiger partial charge in [-0.25, -0.2) is 14.8 Å². The molecule has 1 saturated carbocycles. The van der Waals surface area contributed by atoms with Crippen LogP contribution >= 0.6 is 11.6 Å². The maximum absolute atomic E-state index is 11.7. The molecule has 0 saturated heterocycles. The van der Waals surface area contributed by atoms with E-state index in [2.05, 4.69) is 4.98 Å². The van der Waals surface area contributed by atoms with Gasteiger partial charge in [-0.15, -0.1) is 0 Å². The Morgan fingerprint density at radius 3 is 2.82 bits per heavy atom. The van der Waals surface area contributed by atoms with E-state index in [1.54, 1.807) is 12.3 Å². The number of nitrogens with zero attached hydrogens (tertiary/aromatic N) is 3. The minimum atomic E-state index is -0.837. The molecule has 0 spiro atoms. The van der Waals surface area contributed by atoms with Crippen molar-refractivity contribution in [3.8, 4) is 0 Å². The molecular formula is C16H20ClN3O2. The monoisotopic (exact) mass is 321 g/mol. The Morgan fingerprint density at radius 1 is 1.45 bits per heavy atom. The lowest BCUT2D eigenvalue weighted by Crippen LogP contribution is -2.23. The molecule has 118 valence electrons. The Kier molecular flexibility index (Phi) is 4.34. The van der Waals surface area contributed by atoms with Crippen LogP contribution in [-0.4, -0.2) is 25.6 Å². The summed E-state index contributed by atoms with van der Waals surface area (Å²) in [6.45, 7) is 1.88. The van der Waals surface area contributed by atoms with Gasteiger partial charge in [-0.2, -0.15) is 0 Å². The van der Waals surface area contributed by atoms with Gasteiger partial charge in [0.05, 0.1) is 5.02 Å². The molecule has 5 nitrogen and oxygen atoms in total. The molecule has 1 fully saturated rings. The fraction of sp³-hybridized carbons (Fsp3) is 0.562. The lowest BCUT2D eigenvalue weighted by molar-refractivity contribution is -0.141. The second-order valence-corrected chi connectivity index (χ2v) is 6.37. The van der Waals surface area contributed by atoms with Crippen molar-refractivity contribution in [2.24, 2.45) is 0 Å². The van der Waals surface area contributed by atoms with Crippen LogP contribution < -0.4 is 0 Å². The number of hydrogen-bond donors (Lipinski definition) is 1. The Morgan fingerprint density at radius 2 is 2.18 bits per heavy atom. The van der Waals surface area contributed by atoms with Crippen molar-refractivity contribution >= 4 is 28.7 Å². The zero-order valence-electron chi connectivity index (χ0n) is 12.6. The summed E-state index contributed by atoms with van der Waals surface area (Å²) < 4.78 is 1.82. The lowest BCUT2D eigenvalue weighted by atomic mass is 9.88. The van der Waals surface area contributed by atoms with Gasteiger partial charge in [-0.1, -0.05) is 37.8 Å². The van der Waals surface area contributed by atoms with E-state index in [1.807, 2.05) is 11.5 Å². The van der Waals surface area contributed by atoms with Gasteiger partial charge in [0.15, 0.2) is 5.65 Å². The van der Waals surface area contributed by atoms with Crippen molar-refractivity contribution in [2.75, 3.05) is 0 Å². The van der Waals surface area contributed by atoms with Crippen molar-refractivity contribution in [2.45, 2.75) is 57.4 Å². The first kappa shape index (κ1) is 15.3. The highest BCUT2D eigenvalue weighted by atomic mass is 35.5. The second-order valence-electron chi connectivity index (χ2n) is 5.93. The highest BCUT2D eigenvalue weighted by Gasteiger charge is 2.29. The lowest BCUT2D eigenvalue weighted by Gasteiger charge is -2.24. The third kappa shape index (κ3) is 2.70. The van der Waals surface area contributed by atoms with Crippen LogP contribution in [0.25, 0.3) is 11.2 Å². The van der Waals surface area contributed by atoms with E-state index >= 15 is 0 Å². The number of carboxylic acid groups (broad SMARTS) is 1.